The second-order valence-electron chi connectivity index (χ2n) is 10.3. The fourth-order valence-electron chi connectivity index (χ4n) is 5.98. The number of nitrogens with zero attached hydrogens (tertiary/aromatic N) is 6. The highest BCUT2D eigenvalue weighted by Gasteiger charge is 2.35. The van der Waals surface area contributed by atoms with Crippen LogP contribution in [0.15, 0.2) is 46.5 Å². The summed E-state index contributed by atoms with van der Waals surface area (Å²) in [6.07, 6.45) is 4.35. The zero-order valence-electron chi connectivity index (χ0n) is 21.8. The van der Waals surface area contributed by atoms with Gasteiger partial charge in [0.15, 0.2) is 22.3 Å². The second-order valence-corrected chi connectivity index (χ2v) is 13.1. The van der Waals surface area contributed by atoms with Gasteiger partial charge in [-0.25, -0.2) is 9.97 Å². The molecule has 2 radical (unpaired) electrons. The molecule has 2 fully saturated rings. The van der Waals surface area contributed by atoms with Crippen LogP contribution in [0.5, 0.6) is 0 Å². The van der Waals surface area contributed by atoms with Gasteiger partial charge in [-0.05, 0) is 11.8 Å². The molecule has 2 saturated carbocycles. The normalized spacial score (nSPS) is 26.6. The van der Waals surface area contributed by atoms with Crippen molar-refractivity contribution in [2.24, 2.45) is 11.8 Å². The van der Waals surface area contributed by atoms with Crippen molar-refractivity contribution in [1.29, 1.82) is 0 Å². The van der Waals surface area contributed by atoms with E-state index in [9.17, 15) is 19.8 Å². The third-order valence-corrected chi connectivity index (χ3v) is 10.9. The number of rotatable bonds is 8. The molecule has 4 aromatic rings. The Hall–Kier alpha value is -3.91. The Bertz CT molecular complexity index is 1650. The quantitative estimate of drug-likeness (QED) is 0.112. The van der Waals surface area contributed by atoms with Gasteiger partial charge in [0.1, 0.15) is 0 Å². The highest BCUT2D eigenvalue weighted by Crippen LogP contribution is 2.49. The van der Waals surface area contributed by atoms with Crippen molar-refractivity contribution < 1.29 is 14.3 Å². The van der Waals surface area contributed by atoms with E-state index in [0.29, 0.717) is 24.1 Å². The SMILES string of the molecule is C=C1[C@H](CO)[C@@H]([Si-]O[Si-][C@H]2C[C@H](n3cnc4c(=O)[nH]c(N)nc43)C(=C)[C@@H]2CO)C[C@@H]1n1cnc2c(=O)[nH]c(N)nc21. The van der Waals surface area contributed by atoms with Crippen LogP contribution in [0.3, 0.4) is 0 Å². The Morgan fingerprint density at radius 2 is 1.27 bits per heavy atom. The number of H-pyrrole nitrogens is 2. The maximum Gasteiger partial charge on any atom is 0.280 e. The number of aliphatic hydroxyl groups is 2. The van der Waals surface area contributed by atoms with Crippen molar-refractivity contribution in [3.8, 4) is 0 Å². The van der Waals surface area contributed by atoms with Crippen molar-refractivity contribution in [2.75, 3.05) is 24.7 Å². The average molecular weight is 593 g/mol. The minimum atomic E-state index is -0.416. The topological polar surface area (TPSA) is 229 Å². The number of imidazole rings is 2. The summed E-state index contributed by atoms with van der Waals surface area (Å²) in [4.78, 5) is 46.4. The average Bonchev–Trinajstić information content (AvgIpc) is 3.68. The van der Waals surface area contributed by atoms with E-state index in [-0.39, 0.29) is 90.7 Å². The predicted octanol–water partition coefficient (Wildman–Crippen LogP) is -0.532. The van der Waals surface area contributed by atoms with Crippen LogP contribution in [-0.4, -0.2) is 82.0 Å². The van der Waals surface area contributed by atoms with Crippen LogP contribution in [0.4, 0.5) is 11.9 Å². The third kappa shape index (κ3) is 4.54. The van der Waals surface area contributed by atoms with Gasteiger partial charge in [0, 0.05) is 13.2 Å². The molecule has 8 N–H and O–H groups in total. The third-order valence-electron chi connectivity index (χ3n) is 8.12. The Morgan fingerprint density at radius 3 is 1.66 bits per heavy atom. The van der Waals surface area contributed by atoms with E-state index in [1.807, 2.05) is 0 Å². The Kier molecular flexibility index (Phi) is 6.98. The highest BCUT2D eigenvalue weighted by atomic mass is 28.3. The lowest BCUT2D eigenvalue weighted by Crippen LogP contribution is -2.22. The molecule has 0 saturated heterocycles. The summed E-state index contributed by atoms with van der Waals surface area (Å²) in [5, 5.41) is 20.4. The van der Waals surface area contributed by atoms with Crippen LogP contribution in [-0.2, 0) is 4.12 Å². The van der Waals surface area contributed by atoms with Gasteiger partial charge in [0.05, 0.1) is 24.7 Å². The molecule has 0 aliphatic heterocycles. The largest absolute Gasteiger partial charge is 0.840 e. The first-order valence-corrected chi connectivity index (χ1v) is 14.9. The van der Waals surface area contributed by atoms with Gasteiger partial charge in [-0.3, -0.25) is 19.6 Å². The number of aromatic nitrogens is 8. The molecule has 0 spiro atoms. The summed E-state index contributed by atoms with van der Waals surface area (Å²) in [6, 6.07) is -0.456. The van der Waals surface area contributed by atoms with Gasteiger partial charge in [0.2, 0.25) is 11.9 Å². The highest BCUT2D eigenvalue weighted by molar-refractivity contribution is 6.45. The van der Waals surface area contributed by atoms with Crippen LogP contribution < -0.4 is 22.6 Å². The number of hydrogen-bond donors (Lipinski definition) is 6. The van der Waals surface area contributed by atoms with Crippen LogP contribution >= 0.6 is 0 Å². The van der Waals surface area contributed by atoms with Crippen molar-refractivity contribution in [1.82, 2.24) is 39.0 Å². The Labute approximate surface area is 237 Å². The number of hydrogen-bond acceptors (Lipinski definition) is 11. The van der Waals surface area contributed by atoms with Gasteiger partial charge < -0.3 is 54.5 Å². The molecule has 0 amide bonds. The van der Waals surface area contributed by atoms with Gasteiger partial charge in [-0.15, -0.1) is 0 Å². The monoisotopic (exact) mass is 592 g/mol. The minimum Gasteiger partial charge on any atom is -0.840 e. The molecule has 2 aliphatic rings. The first-order chi connectivity index (χ1) is 19.7. The fraction of sp³-hybridized carbons (Fsp3) is 0.417. The summed E-state index contributed by atoms with van der Waals surface area (Å²) in [7, 11) is 0.135. The maximum absolute atomic E-state index is 12.2. The summed E-state index contributed by atoms with van der Waals surface area (Å²) >= 11 is 0. The molecule has 0 aromatic carbocycles. The van der Waals surface area contributed by atoms with E-state index < -0.39 is 11.1 Å². The first kappa shape index (κ1) is 27.3. The van der Waals surface area contributed by atoms with E-state index in [1.54, 1.807) is 21.8 Å². The van der Waals surface area contributed by atoms with Gasteiger partial charge in [-0.1, -0.05) is 37.1 Å². The minimum absolute atomic E-state index is 0.000778. The molecule has 15 nitrogen and oxygen atoms in total. The molecule has 0 bridgehead atoms. The van der Waals surface area contributed by atoms with E-state index in [2.05, 4.69) is 43.1 Å². The fourth-order valence-corrected chi connectivity index (χ4v) is 9.07. The smallest absolute Gasteiger partial charge is 0.280 e. The van der Waals surface area contributed by atoms with E-state index in [0.717, 1.165) is 11.1 Å². The summed E-state index contributed by atoms with van der Waals surface area (Å²) < 4.78 is 9.84. The van der Waals surface area contributed by atoms with Crippen molar-refractivity contribution in [3.63, 3.8) is 0 Å². The van der Waals surface area contributed by atoms with Crippen molar-refractivity contribution >= 4 is 53.8 Å². The lowest BCUT2D eigenvalue weighted by molar-refractivity contribution is 0.244. The number of aromatic amines is 2. The molecule has 0 unspecified atom stereocenters. The molecular weight excluding hydrogens is 565 g/mol. The lowest BCUT2D eigenvalue weighted by atomic mass is 10.0. The number of anilines is 2. The molecule has 4 heterocycles. The van der Waals surface area contributed by atoms with Crippen LogP contribution in [0, 0.1) is 11.8 Å². The van der Waals surface area contributed by atoms with Gasteiger partial charge >= 0.3 is 0 Å². The molecule has 2 aliphatic carbocycles. The zero-order valence-corrected chi connectivity index (χ0v) is 23.8. The molecule has 41 heavy (non-hydrogen) atoms. The first-order valence-electron chi connectivity index (χ1n) is 12.9. The molecule has 17 heteroatoms. The van der Waals surface area contributed by atoms with E-state index in [1.165, 1.54) is 0 Å². The molecule has 4 aromatic heterocycles. The summed E-state index contributed by atoms with van der Waals surface area (Å²) in [6.45, 7) is 8.31. The number of nitrogens with one attached hydrogen (secondary N) is 2. The van der Waals surface area contributed by atoms with E-state index >= 15 is 0 Å². The Morgan fingerprint density at radius 1 is 0.854 bits per heavy atom. The van der Waals surface area contributed by atoms with Crippen LogP contribution in [0.25, 0.3) is 22.3 Å². The summed E-state index contributed by atoms with van der Waals surface area (Å²) in [5.74, 6) is -0.406. The molecule has 214 valence electrons. The van der Waals surface area contributed by atoms with Crippen molar-refractivity contribution in [3.05, 3.63) is 57.7 Å². The zero-order chi connectivity index (χ0) is 29.0. The summed E-state index contributed by atoms with van der Waals surface area (Å²) in [5.41, 5.74) is 13.4. The van der Waals surface area contributed by atoms with Crippen LogP contribution in [0.2, 0.25) is 11.1 Å². The van der Waals surface area contributed by atoms with Crippen molar-refractivity contribution in [2.45, 2.75) is 36.0 Å². The van der Waals surface area contributed by atoms with Gasteiger partial charge in [0.25, 0.3) is 11.1 Å². The molecule has 6 atom stereocenters. The number of nitrogen functional groups attached to an aromatic ring is 2. The number of aliphatic hydroxyl groups excluding tert-OH is 2. The molecular formula is C24H28N10O5Si2-2. The number of nitrogens with two attached hydrogens (primary N) is 2. The van der Waals surface area contributed by atoms with E-state index in [4.69, 9.17) is 15.6 Å². The Balaban J connectivity index is 1.16. The standard InChI is InChI=1S/C24H28N10O5Si2/c1-9-11(5-35)15(3-13(9)33-7-27-17-19(33)29-23(25)31-21(17)37)40-39-41-16-4-14(10(2)12(16)6-36)34-8-28-18-20(34)30-24(26)32-22(18)38/h7-8,11-16,35-36H,1-6H2,(H3,25,29,31,37)(H3,26,30,32,38)/q-2/t11-,12-,13-,14-,15-,16-/m0/s1. The number of fused-ring (bicyclic) bond motifs is 2. The van der Waals surface area contributed by atoms with Gasteiger partial charge in [-0.2, -0.15) is 21.1 Å². The second kappa shape index (κ2) is 10.5. The maximum atomic E-state index is 12.2. The molecule has 6 rings (SSSR count). The van der Waals surface area contributed by atoms with Crippen LogP contribution in [0.1, 0.15) is 24.9 Å². The predicted molar refractivity (Wildman–Crippen MR) is 152 cm³/mol. The lowest BCUT2D eigenvalue weighted by Gasteiger charge is -2.44.